The summed E-state index contributed by atoms with van der Waals surface area (Å²) in [5.74, 6) is 2.91. The van der Waals surface area contributed by atoms with Crippen molar-refractivity contribution in [1.82, 2.24) is 5.32 Å². The number of benzene rings is 1. The van der Waals surface area contributed by atoms with Crippen LogP contribution in [0.15, 0.2) is 18.2 Å². The fourth-order valence-corrected chi connectivity index (χ4v) is 1.57. The Morgan fingerprint density at radius 1 is 1.45 bits per heavy atom. The van der Waals surface area contributed by atoms with Crippen molar-refractivity contribution >= 4 is 5.91 Å². The molecule has 5 heteroatoms. The number of terminal acetylenes is 1. The number of nitrogens with one attached hydrogen (secondary N) is 1. The van der Waals surface area contributed by atoms with E-state index >= 15 is 0 Å². The Morgan fingerprint density at radius 2 is 2.15 bits per heavy atom. The lowest BCUT2D eigenvalue weighted by Crippen LogP contribution is -2.36. The zero-order valence-corrected chi connectivity index (χ0v) is 11.8. The van der Waals surface area contributed by atoms with E-state index in [-0.39, 0.29) is 12.5 Å². The van der Waals surface area contributed by atoms with Crippen molar-refractivity contribution < 1.29 is 19.4 Å². The smallest absolute Gasteiger partial charge is 0.261 e. The van der Waals surface area contributed by atoms with E-state index in [2.05, 4.69) is 11.2 Å². The molecular weight excluding hydrogens is 258 g/mol. The van der Waals surface area contributed by atoms with Crippen LogP contribution in [-0.2, 0) is 4.79 Å². The third-order valence-electron chi connectivity index (χ3n) is 2.71. The molecule has 0 radical (unpaired) electrons. The van der Waals surface area contributed by atoms with Crippen LogP contribution < -0.4 is 14.8 Å². The summed E-state index contributed by atoms with van der Waals surface area (Å²) in [6.45, 7) is 3.43. The van der Waals surface area contributed by atoms with E-state index in [9.17, 15) is 9.90 Å². The topological polar surface area (TPSA) is 67.8 Å². The lowest BCUT2D eigenvalue weighted by Gasteiger charge is -2.17. The number of amides is 1. The van der Waals surface area contributed by atoms with Gasteiger partial charge in [0, 0.05) is 0 Å². The molecule has 5 nitrogen and oxygen atoms in total. The summed E-state index contributed by atoms with van der Waals surface area (Å²) >= 11 is 0. The lowest BCUT2D eigenvalue weighted by molar-refractivity contribution is -0.127. The Balaban J connectivity index is 2.81. The first-order valence-corrected chi connectivity index (χ1v) is 6.23. The second-order valence-electron chi connectivity index (χ2n) is 4.27. The average Bonchev–Trinajstić information content (AvgIpc) is 2.44. The van der Waals surface area contributed by atoms with Gasteiger partial charge in [0.15, 0.2) is 17.6 Å². The minimum atomic E-state index is -0.699. The van der Waals surface area contributed by atoms with Crippen LogP contribution in [0.3, 0.4) is 0 Å². The number of carbonyl (C=O) groups excluding carboxylic acids is 1. The maximum atomic E-state index is 11.7. The highest BCUT2D eigenvalue weighted by molar-refractivity contribution is 5.81. The van der Waals surface area contributed by atoms with Crippen molar-refractivity contribution in [3.05, 3.63) is 23.8 Å². The molecule has 20 heavy (non-hydrogen) atoms. The Hall–Kier alpha value is -2.19. The molecule has 0 aliphatic rings. The van der Waals surface area contributed by atoms with Gasteiger partial charge >= 0.3 is 0 Å². The van der Waals surface area contributed by atoms with E-state index in [1.807, 2.05) is 0 Å². The summed E-state index contributed by atoms with van der Waals surface area (Å²) in [5, 5.41) is 12.1. The number of hydrogen-bond donors (Lipinski definition) is 2. The first kappa shape index (κ1) is 15.9. The van der Waals surface area contributed by atoms with E-state index in [4.69, 9.17) is 15.9 Å². The van der Waals surface area contributed by atoms with Crippen LogP contribution in [0.5, 0.6) is 11.5 Å². The van der Waals surface area contributed by atoms with Crippen LogP contribution in [0.4, 0.5) is 0 Å². The van der Waals surface area contributed by atoms with Crippen molar-refractivity contribution in [1.29, 1.82) is 0 Å². The molecule has 1 aromatic carbocycles. The maximum Gasteiger partial charge on any atom is 0.261 e. The highest BCUT2D eigenvalue weighted by Crippen LogP contribution is 2.30. The van der Waals surface area contributed by atoms with E-state index in [1.165, 1.54) is 7.11 Å². The van der Waals surface area contributed by atoms with Crippen LogP contribution in [0.1, 0.15) is 25.5 Å². The molecule has 0 heterocycles. The van der Waals surface area contributed by atoms with Gasteiger partial charge in [0.05, 0.1) is 19.8 Å². The Kier molecular flexibility index (Phi) is 5.88. The highest BCUT2D eigenvalue weighted by atomic mass is 16.5. The summed E-state index contributed by atoms with van der Waals surface area (Å²) in [7, 11) is 1.50. The third-order valence-corrected chi connectivity index (χ3v) is 2.71. The number of carbonyl (C=O) groups is 1. The molecule has 2 unspecified atom stereocenters. The first-order chi connectivity index (χ1) is 9.49. The van der Waals surface area contributed by atoms with E-state index in [0.717, 1.165) is 0 Å². The second-order valence-corrected chi connectivity index (χ2v) is 4.27. The van der Waals surface area contributed by atoms with Gasteiger partial charge in [0.1, 0.15) is 0 Å². The predicted molar refractivity (Wildman–Crippen MR) is 75.6 cm³/mol. The normalized spacial score (nSPS) is 12.9. The third kappa shape index (κ3) is 4.18. The second kappa shape index (κ2) is 7.41. The van der Waals surface area contributed by atoms with Crippen LogP contribution in [0.2, 0.25) is 0 Å². The van der Waals surface area contributed by atoms with Crippen LogP contribution in [-0.4, -0.2) is 30.8 Å². The van der Waals surface area contributed by atoms with Gasteiger partial charge in [0.25, 0.3) is 5.91 Å². The van der Waals surface area contributed by atoms with Crippen LogP contribution in [0, 0.1) is 12.3 Å². The zero-order valence-electron chi connectivity index (χ0n) is 11.8. The average molecular weight is 277 g/mol. The summed E-state index contributed by atoms with van der Waals surface area (Å²) < 4.78 is 10.7. The molecule has 0 spiro atoms. The minimum Gasteiger partial charge on any atom is -0.493 e. The summed E-state index contributed by atoms with van der Waals surface area (Å²) in [6, 6.07) is 5.05. The quantitative estimate of drug-likeness (QED) is 0.768. The van der Waals surface area contributed by atoms with Gasteiger partial charge in [-0.25, -0.2) is 0 Å². The van der Waals surface area contributed by atoms with Gasteiger partial charge in [-0.1, -0.05) is 12.0 Å². The van der Waals surface area contributed by atoms with Gasteiger partial charge < -0.3 is 19.9 Å². The molecule has 0 saturated heterocycles. The van der Waals surface area contributed by atoms with E-state index in [1.54, 1.807) is 32.0 Å². The molecule has 1 amide bonds. The Morgan fingerprint density at radius 3 is 2.70 bits per heavy atom. The van der Waals surface area contributed by atoms with E-state index in [0.29, 0.717) is 17.1 Å². The van der Waals surface area contributed by atoms with Crippen molar-refractivity contribution in [2.75, 3.05) is 13.7 Å². The fraction of sp³-hybridized carbons (Fsp3) is 0.400. The number of rotatable bonds is 6. The summed E-state index contributed by atoms with van der Waals surface area (Å²) in [5.41, 5.74) is 0.707. The summed E-state index contributed by atoms with van der Waals surface area (Å²) in [6.07, 6.45) is 3.77. The number of aliphatic hydroxyl groups excluding tert-OH is 1. The fourth-order valence-electron chi connectivity index (χ4n) is 1.57. The van der Waals surface area contributed by atoms with Gasteiger partial charge in [-0.3, -0.25) is 4.79 Å². The first-order valence-electron chi connectivity index (χ1n) is 6.23. The molecule has 1 aromatic rings. The SMILES string of the molecule is C#CCNC(=O)C(C)Oc1ccc(C(C)O)cc1OC. The molecule has 0 saturated carbocycles. The highest BCUT2D eigenvalue weighted by Gasteiger charge is 2.17. The molecular formula is C15H19NO4. The van der Waals surface area contributed by atoms with E-state index < -0.39 is 12.2 Å². The Bertz CT molecular complexity index is 505. The lowest BCUT2D eigenvalue weighted by atomic mass is 10.1. The van der Waals surface area contributed by atoms with Gasteiger partial charge in [0.2, 0.25) is 0 Å². The largest absolute Gasteiger partial charge is 0.493 e. The predicted octanol–water partition coefficient (Wildman–Crippen LogP) is 1.27. The molecule has 2 N–H and O–H groups in total. The molecule has 0 fully saturated rings. The molecule has 0 bridgehead atoms. The van der Waals surface area contributed by atoms with Crippen molar-refractivity contribution in [2.24, 2.45) is 0 Å². The molecule has 0 aliphatic carbocycles. The number of ether oxygens (including phenoxy) is 2. The van der Waals surface area contributed by atoms with Crippen molar-refractivity contribution in [3.8, 4) is 23.8 Å². The number of aliphatic hydroxyl groups is 1. The monoisotopic (exact) mass is 277 g/mol. The zero-order chi connectivity index (χ0) is 15.1. The molecule has 108 valence electrons. The molecule has 0 aromatic heterocycles. The van der Waals surface area contributed by atoms with Gasteiger partial charge in [-0.15, -0.1) is 6.42 Å². The minimum absolute atomic E-state index is 0.157. The van der Waals surface area contributed by atoms with Gasteiger partial charge in [-0.2, -0.15) is 0 Å². The summed E-state index contributed by atoms with van der Waals surface area (Å²) in [4.78, 5) is 11.7. The molecule has 1 rings (SSSR count). The Labute approximate surface area is 118 Å². The van der Waals surface area contributed by atoms with Crippen molar-refractivity contribution in [2.45, 2.75) is 26.1 Å². The number of methoxy groups -OCH3 is 1. The molecule has 0 aliphatic heterocycles. The maximum absolute atomic E-state index is 11.7. The number of hydrogen-bond acceptors (Lipinski definition) is 4. The van der Waals surface area contributed by atoms with Crippen molar-refractivity contribution in [3.63, 3.8) is 0 Å². The van der Waals surface area contributed by atoms with Crippen LogP contribution in [0.25, 0.3) is 0 Å². The standard InChI is InChI=1S/C15H19NO4/c1-5-8-16-15(18)11(3)20-13-7-6-12(10(2)17)9-14(13)19-4/h1,6-7,9-11,17H,8H2,2-4H3,(H,16,18). The van der Waals surface area contributed by atoms with Gasteiger partial charge in [-0.05, 0) is 31.5 Å². The van der Waals surface area contributed by atoms with Crippen LogP contribution >= 0.6 is 0 Å². The molecule has 2 atom stereocenters.